The number of anilines is 15. The first kappa shape index (κ1) is 78.9. The molecular formula is C118H101B2N5O. The van der Waals surface area contributed by atoms with Gasteiger partial charge in [-0.2, -0.15) is 0 Å². The van der Waals surface area contributed by atoms with Crippen LogP contribution in [0.2, 0.25) is 0 Å². The Kier molecular flexibility index (Phi) is 19.3. The van der Waals surface area contributed by atoms with Gasteiger partial charge in [-0.3, -0.25) is 0 Å². The van der Waals surface area contributed by atoms with E-state index in [1.165, 1.54) is 44.1 Å². The summed E-state index contributed by atoms with van der Waals surface area (Å²) in [6.07, 6.45) is 0. The molecule has 8 heteroatoms. The van der Waals surface area contributed by atoms with E-state index in [0.29, 0.717) is 0 Å². The highest BCUT2D eigenvalue weighted by atomic mass is 16.5. The van der Waals surface area contributed by atoms with Gasteiger partial charge in [-0.15, -0.1) is 0 Å². The van der Waals surface area contributed by atoms with Gasteiger partial charge in [-0.25, -0.2) is 0 Å². The molecule has 0 fully saturated rings. The lowest BCUT2D eigenvalue weighted by Gasteiger charge is -2.46. The van der Waals surface area contributed by atoms with Crippen molar-refractivity contribution in [3.05, 3.63) is 417 Å². The highest BCUT2D eigenvalue weighted by Gasteiger charge is 2.49. The fourth-order valence-electron chi connectivity index (χ4n) is 19.9. The molecule has 4 aliphatic heterocycles. The number of hydrogen-bond acceptors (Lipinski definition) is 6. The smallest absolute Gasteiger partial charge is 0.256 e. The standard InChI is InChI=1S/C118H101B2N5O/c1-115(2,3)83-64-56-79(57-65-83)92-43-22-29-49-100(92)121(87-38-18-14-19-39-87)89-72-108-113-109(73-89)125(104-53-33-24-42-91(104)78-36-16-13-17-37-78)107-77-111-99(76-98(107)119(113)96-47-27-34-54-105(96)123(108)102-51-31-25-45-94(102)81-60-68-85(69-61-81)117(7,8)9)120-97-48-28-35-55-106(97)124(103-52-32-26-46-95(103)82-62-70-86(71-63-82)118(10,11)12)110-74-90(75-112(126-111)114(110)120)122(88-40-20-15-21-41-88)101-50-30-23-44-93(101)80-58-66-84(67-59-80)116(4,5)6/h13-77H,1-12H3. The molecule has 0 radical (unpaired) electrons. The Balaban J connectivity index is 0.854. The predicted octanol–water partition coefficient (Wildman–Crippen LogP) is 28.6. The molecular weight excluding hydrogens is 1520 g/mol. The van der Waals surface area contributed by atoms with Crippen LogP contribution in [-0.2, 0) is 21.7 Å². The molecule has 17 aromatic rings. The highest BCUT2D eigenvalue weighted by Crippen LogP contribution is 2.56. The van der Waals surface area contributed by atoms with Crippen molar-refractivity contribution in [1.82, 2.24) is 0 Å². The average molecular weight is 1630 g/mol. The summed E-state index contributed by atoms with van der Waals surface area (Å²) < 4.78 is 8.25. The summed E-state index contributed by atoms with van der Waals surface area (Å²) in [5, 5.41) is 0. The van der Waals surface area contributed by atoms with Crippen LogP contribution in [0.25, 0.3) is 55.6 Å². The van der Waals surface area contributed by atoms with Gasteiger partial charge in [0.1, 0.15) is 11.5 Å². The minimum absolute atomic E-state index is 0.0224. The molecule has 0 aromatic heterocycles. The summed E-state index contributed by atoms with van der Waals surface area (Å²) in [7, 11) is 0. The molecule has 126 heavy (non-hydrogen) atoms. The van der Waals surface area contributed by atoms with E-state index in [2.05, 4.69) is 502 Å². The van der Waals surface area contributed by atoms with Crippen LogP contribution in [0.15, 0.2) is 394 Å². The van der Waals surface area contributed by atoms with Crippen molar-refractivity contribution < 1.29 is 4.74 Å². The van der Waals surface area contributed by atoms with Crippen LogP contribution in [0.4, 0.5) is 85.3 Å². The molecule has 0 N–H and O–H groups in total. The molecule has 0 saturated heterocycles. The topological polar surface area (TPSA) is 25.4 Å². The van der Waals surface area contributed by atoms with E-state index in [1.54, 1.807) is 0 Å². The van der Waals surface area contributed by atoms with E-state index >= 15 is 0 Å². The maximum Gasteiger partial charge on any atom is 0.256 e. The number of benzene rings is 17. The van der Waals surface area contributed by atoms with Gasteiger partial charge < -0.3 is 29.2 Å². The Morgan fingerprint density at radius 3 is 0.889 bits per heavy atom. The quantitative estimate of drug-likeness (QED) is 0.101. The summed E-state index contributed by atoms with van der Waals surface area (Å²) in [5.74, 6) is 1.58. The molecule has 17 aromatic carbocycles. The zero-order valence-corrected chi connectivity index (χ0v) is 73.8. The van der Waals surface area contributed by atoms with Crippen LogP contribution >= 0.6 is 0 Å². The second-order valence-corrected chi connectivity index (χ2v) is 38.4. The van der Waals surface area contributed by atoms with Gasteiger partial charge in [0.2, 0.25) is 0 Å². The van der Waals surface area contributed by atoms with E-state index < -0.39 is 0 Å². The summed E-state index contributed by atoms with van der Waals surface area (Å²) in [5.41, 5.74) is 38.9. The van der Waals surface area contributed by atoms with Gasteiger partial charge in [0.25, 0.3) is 13.4 Å². The molecule has 4 heterocycles. The third-order valence-corrected chi connectivity index (χ3v) is 26.3. The minimum Gasteiger partial charge on any atom is -0.458 e. The van der Waals surface area contributed by atoms with Gasteiger partial charge in [0.15, 0.2) is 0 Å². The van der Waals surface area contributed by atoms with Gasteiger partial charge in [-0.1, -0.05) is 380 Å². The Morgan fingerprint density at radius 2 is 0.500 bits per heavy atom. The van der Waals surface area contributed by atoms with Gasteiger partial charge in [-0.05, 0) is 189 Å². The molecule has 0 bridgehead atoms. The number of hydrogen-bond donors (Lipinski definition) is 0. The third kappa shape index (κ3) is 13.8. The first-order chi connectivity index (χ1) is 61.1. The minimum atomic E-state index is -0.313. The SMILES string of the molecule is CC(C)(C)c1ccc(-c2ccccc2N(c2ccccc2)c2cc3c4c(c2)N(c2ccccc2-c2ccc(C(C)(C)C)cc2)c2ccccc2B4c2cc4c(cc2O3)N(c2ccccc2-c2ccccc2)c2cc(N(c3ccccc3)c3ccccc3-c3ccc(C(C)(C)C)cc3)cc3c2B4c2ccccc2N3c2ccccc2-c2ccc(C(C)(C)C)cc2)cc1. The van der Waals surface area contributed by atoms with E-state index in [4.69, 9.17) is 4.74 Å². The highest BCUT2D eigenvalue weighted by molar-refractivity contribution is 7.02. The van der Waals surface area contributed by atoms with Crippen molar-refractivity contribution in [3.8, 4) is 67.1 Å². The number of fused-ring (bicyclic) bond motifs is 8. The molecule has 610 valence electrons. The largest absolute Gasteiger partial charge is 0.458 e. The van der Waals surface area contributed by atoms with Gasteiger partial charge in [0, 0.05) is 85.4 Å². The van der Waals surface area contributed by atoms with Crippen molar-refractivity contribution in [1.29, 1.82) is 0 Å². The molecule has 0 spiro atoms. The molecule has 0 aliphatic carbocycles. The average Bonchev–Trinajstić information content (AvgIpc) is 0.683. The lowest BCUT2D eigenvalue weighted by atomic mass is 9.30. The van der Waals surface area contributed by atoms with Crippen molar-refractivity contribution in [2.75, 3.05) is 24.5 Å². The molecule has 0 atom stereocenters. The van der Waals surface area contributed by atoms with Crippen LogP contribution in [-0.4, -0.2) is 13.4 Å². The van der Waals surface area contributed by atoms with Crippen LogP contribution in [0.5, 0.6) is 11.5 Å². The van der Waals surface area contributed by atoms with Crippen LogP contribution in [0, 0.1) is 0 Å². The zero-order chi connectivity index (χ0) is 86.1. The lowest BCUT2D eigenvalue weighted by Crippen LogP contribution is -2.64. The molecule has 21 rings (SSSR count). The normalized spacial score (nSPS) is 13.1. The van der Waals surface area contributed by atoms with E-state index in [9.17, 15) is 0 Å². The van der Waals surface area contributed by atoms with Crippen molar-refractivity contribution in [2.24, 2.45) is 0 Å². The summed E-state index contributed by atoms with van der Waals surface area (Å²) in [6.45, 7) is 26.9. The maximum absolute atomic E-state index is 8.25. The summed E-state index contributed by atoms with van der Waals surface area (Å²) >= 11 is 0. The summed E-state index contributed by atoms with van der Waals surface area (Å²) in [6, 6.07) is 148. The second kappa shape index (κ2) is 30.9. The Bertz CT molecular complexity index is 7040. The number of para-hydroxylation sites is 9. The van der Waals surface area contributed by atoms with E-state index in [-0.39, 0.29) is 35.1 Å². The number of rotatable bonds is 14. The molecule has 4 aliphatic rings. The van der Waals surface area contributed by atoms with Crippen LogP contribution in [0.1, 0.15) is 105 Å². The maximum atomic E-state index is 8.25. The van der Waals surface area contributed by atoms with Crippen molar-refractivity contribution >= 4 is 132 Å². The fraction of sp³-hybridized carbons (Fsp3) is 0.136. The zero-order valence-electron chi connectivity index (χ0n) is 73.8. The number of ether oxygens (including phenoxy) is 1. The Labute approximate surface area is 744 Å². The molecule has 0 unspecified atom stereocenters. The van der Waals surface area contributed by atoms with Crippen LogP contribution in [0.3, 0.4) is 0 Å². The Hall–Kier alpha value is -14.3. The fourth-order valence-corrected chi connectivity index (χ4v) is 19.9. The predicted molar refractivity (Wildman–Crippen MR) is 538 cm³/mol. The van der Waals surface area contributed by atoms with Crippen molar-refractivity contribution in [2.45, 2.75) is 105 Å². The van der Waals surface area contributed by atoms with Crippen LogP contribution < -0.4 is 62.0 Å². The molecule has 6 nitrogen and oxygen atoms in total. The van der Waals surface area contributed by atoms with Gasteiger partial charge >= 0.3 is 0 Å². The summed E-state index contributed by atoms with van der Waals surface area (Å²) in [4.78, 5) is 12.7. The first-order valence-electron chi connectivity index (χ1n) is 44.5. The third-order valence-electron chi connectivity index (χ3n) is 26.3. The first-order valence-corrected chi connectivity index (χ1v) is 44.5. The van der Waals surface area contributed by atoms with E-state index in [0.717, 1.165) is 163 Å². The lowest BCUT2D eigenvalue weighted by molar-refractivity contribution is 0.488. The van der Waals surface area contributed by atoms with Crippen molar-refractivity contribution in [3.63, 3.8) is 0 Å². The van der Waals surface area contributed by atoms with E-state index in [1.807, 2.05) is 0 Å². The number of nitrogens with zero attached hydrogens (tertiary/aromatic N) is 5. The van der Waals surface area contributed by atoms with Gasteiger partial charge in [0.05, 0.1) is 39.8 Å². The second-order valence-electron chi connectivity index (χ2n) is 38.4. The Morgan fingerprint density at radius 1 is 0.206 bits per heavy atom. The molecule has 0 saturated carbocycles. The monoisotopic (exact) mass is 1630 g/mol. The molecule has 0 amide bonds.